The van der Waals surface area contributed by atoms with Crippen LogP contribution in [0.2, 0.25) is 0 Å². The number of benzene rings is 2. The Morgan fingerprint density at radius 1 is 1.03 bits per heavy atom. The second-order valence-electron chi connectivity index (χ2n) is 6.83. The first kappa shape index (κ1) is 20.4. The third-order valence-corrected chi connectivity index (χ3v) is 4.59. The molecular weight excluding hydrogens is 409 g/mol. The number of carbonyl (C=O) groups is 1. The fourth-order valence-electron chi connectivity index (χ4n) is 3.00. The number of nitrogens with zero attached hydrogens (tertiary/aromatic N) is 3. The average molecular weight is 426 g/mol. The summed E-state index contributed by atoms with van der Waals surface area (Å²) in [6.07, 6.45) is -1.35. The lowest BCUT2D eigenvalue weighted by Crippen LogP contribution is -2.22. The molecule has 1 N–H and O–H groups in total. The molecule has 6 nitrogen and oxygen atoms in total. The van der Waals surface area contributed by atoms with E-state index < -0.39 is 17.6 Å². The van der Waals surface area contributed by atoms with Crippen molar-refractivity contribution in [2.45, 2.75) is 19.3 Å². The maximum atomic E-state index is 12.9. The highest BCUT2D eigenvalue weighted by Crippen LogP contribution is 2.32. The van der Waals surface area contributed by atoms with Gasteiger partial charge in [0.25, 0.3) is 5.91 Å². The van der Waals surface area contributed by atoms with Crippen LogP contribution in [0.5, 0.6) is 0 Å². The Morgan fingerprint density at radius 3 is 2.52 bits per heavy atom. The molecule has 0 atom stereocenters. The van der Waals surface area contributed by atoms with E-state index in [2.05, 4.69) is 15.4 Å². The summed E-state index contributed by atoms with van der Waals surface area (Å²) in [6, 6.07) is 15.3. The van der Waals surface area contributed by atoms with Crippen LogP contribution in [0.25, 0.3) is 11.3 Å². The predicted octanol–water partition coefficient (Wildman–Crippen LogP) is 4.54. The zero-order valence-corrected chi connectivity index (χ0v) is 16.1. The number of hydrogen-bond donors (Lipinski definition) is 1. The maximum Gasteiger partial charge on any atom is 0.416 e. The van der Waals surface area contributed by atoms with Crippen LogP contribution < -0.4 is 5.32 Å². The smallest absolute Gasteiger partial charge is 0.416 e. The van der Waals surface area contributed by atoms with E-state index in [9.17, 15) is 18.0 Å². The Bertz CT molecular complexity index is 1170. The second-order valence-corrected chi connectivity index (χ2v) is 6.83. The van der Waals surface area contributed by atoms with Gasteiger partial charge in [0.2, 0.25) is 0 Å². The zero-order valence-electron chi connectivity index (χ0n) is 16.1. The van der Waals surface area contributed by atoms with E-state index >= 15 is 0 Å². The van der Waals surface area contributed by atoms with Gasteiger partial charge in [-0.25, -0.2) is 9.67 Å². The largest absolute Gasteiger partial charge is 0.451 e. The Hall–Kier alpha value is -3.88. The number of rotatable bonds is 6. The van der Waals surface area contributed by atoms with Gasteiger partial charge < -0.3 is 9.73 Å². The third kappa shape index (κ3) is 5.00. The van der Waals surface area contributed by atoms with Crippen LogP contribution in [0.15, 0.2) is 77.7 Å². The highest BCUT2D eigenvalue weighted by molar-refractivity contribution is 5.92. The average Bonchev–Trinajstić information content (AvgIpc) is 3.45. The summed E-state index contributed by atoms with van der Waals surface area (Å²) in [6.45, 7) is 0.874. The molecule has 2 aromatic carbocycles. The fraction of sp³-hybridized carbons (Fsp3) is 0.136. The summed E-state index contributed by atoms with van der Waals surface area (Å²) in [4.78, 5) is 16.3. The SMILES string of the molecule is O=C(NCc1ccc(Cn2cncn2)cc1)c1ccc(-c2cccc(C(F)(F)F)c2)o1. The molecule has 2 aromatic heterocycles. The fourth-order valence-corrected chi connectivity index (χ4v) is 3.00. The van der Waals surface area contributed by atoms with Crippen molar-refractivity contribution < 1.29 is 22.4 Å². The zero-order chi connectivity index (χ0) is 21.8. The quantitative estimate of drug-likeness (QED) is 0.492. The van der Waals surface area contributed by atoms with Crippen LogP contribution >= 0.6 is 0 Å². The Balaban J connectivity index is 1.37. The number of furan rings is 1. The molecule has 0 aliphatic heterocycles. The lowest BCUT2D eigenvalue weighted by Gasteiger charge is -2.07. The monoisotopic (exact) mass is 426 g/mol. The number of alkyl halides is 3. The number of aromatic nitrogens is 3. The molecule has 1 amide bonds. The molecule has 4 aromatic rings. The number of hydrogen-bond acceptors (Lipinski definition) is 4. The summed E-state index contributed by atoms with van der Waals surface area (Å²) in [5.41, 5.74) is 1.40. The van der Waals surface area contributed by atoms with Crippen molar-refractivity contribution in [3.05, 3.63) is 95.8 Å². The third-order valence-electron chi connectivity index (χ3n) is 4.59. The first-order chi connectivity index (χ1) is 14.9. The van der Waals surface area contributed by atoms with Gasteiger partial charge in [0.05, 0.1) is 12.1 Å². The van der Waals surface area contributed by atoms with Crippen LogP contribution in [0.4, 0.5) is 13.2 Å². The van der Waals surface area contributed by atoms with E-state index in [1.807, 2.05) is 24.3 Å². The lowest BCUT2D eigenvalue weighted by atomic mass is 10.1. The molecule has 0 radical (unpaired) electrons. The van der Waals surface area contributed by atoms with E-state index in [1.54, 1.807) is 11.0 Å². The van der Waals surface area contributed by atoms with Crippen molar-refractivity contribution in [2.24, 2.45) is 0 Å². The van der Waals surface area contributed by atoms with Crippen LogP contribution in [0, 0.1) is 0 Å². The molecule has 0 saturated carbocycles. The van der Waals surface area contributed by atoms with Gasteiger partial charge in [-0.05, 0) is 35.4 Å². The molecule has 0 unspecified atom stereocenters. The van der Waals surface area contributed by atoms with E-state index in [0.717, 1.165) is 23.3 Å². The molecule has 0 aliphatic carbocycles. The van der Waals surface area contributed by atoms with Gasteiger partial charge in [0.1, 0.15) is 18.4 Å². The van der Waals surface area contributed by atoms with Crippen LogP contribution in [-0.4, -0.2) is 20.7 Å². The lowest BCUT2D eigenvalue weighted by molar-refractivity contribution is -0.137. The summed E-state index contributed by atoms with van der Waals surface area (Å²) < 4.78 is 45.9. The molecular formula is C22H17F3N4O2. The number of carbonyl (C=O) groups excluding carboxylic acids is 1. The minimum atomic E-state index is -4.45. The standard InChI is InChI=1S/C22H17F3N4O2/c23-22(24,25)18-3-1-2-17(10-18)19-8-9-20(31-19)21(30)27-11-15-4-6-16(7-5-15)12-29-14-26-13-28-29/h1-10,13-14H,11-12H2,(H,27,30). The van der Waals surface area contributed by atoms with Crippen molar-refractivity contribution in [3.8, 4) is 11.3 Å². The molecule has 31 heavy (non-hydrogen) atoms. The van der Waals surface area contributed by atoms with Crippen molar-refractivity contribution in [2.75, 3.05) is 0 Å². The predicted molar refractivity (Wildman–Crippen MR) is 106 cm³/mol. The van der Waals surface area contributed by atoms with Gasteiger partial charge in [0, 0.05) is 12.1 Å². The minimum Gasteiger partial charge on any atom is -0.451 e. The molecule has 0 spiro atoms. The summed E-state index contributed by atoms with van der Waals surface area (Å²) >= 11 is 0. The van der Waals surface area contributed by atoms with Crippen molar-refractivity contribution in [1.82, 2.24) is 20.1 Å². The molecule has 0 bridgehead atoms. The van der Waals surface area contributed by atoms with Gasteiger partial charge >= 0.3 is 6.18 Å². The summed E-state index contributed by atoms with van der Waals surface area (Å²) in [5.74, 6) is -0.242. The first-order valence-electron chi connectivity index (χ1n) is 9.34. The molecule has 9 heteroatoms. The van der Waals surface area contributed by atoms with E-state index in [4.69, 9.17) is 4.42 Å². The van der Waals surface area contributed by atoms with E-state index in [1.165, 1.54) is 30.6 Å². The van der Waals surface area contributed by atoms with Gasteiger partial charge in [-0.2, -0.15) is 18.3 Å². The normalized spacial score (nSPS) is 11.5. The van der Waals surface area contributed by atoms with Gasteiger partial charge in [0.15, 0.2) is 5.76 Å². The maximum absolute atomic E-state index is 12.9. The van der Waals surface area contributed by atoms with Gasteiger partial charge in [-0.15, -0.1) is 0 Å². The highest BCUT2D eigenvalue weighted by Gasteiger charge is 2.30. The van der Waals surface area contributed by atoms with E-state index in [-0.39, 0.29) is 23.6 Å². The molecule has 2 heterocycles. The minimum absolute atomic E-state index is 0.0233. The summed E-state index contributed by atoms with van der Waals surface area (Å²) in [5, 5.41) is 6.79. The topological polar surface area (TPSA) is 73.0 Å². The van der Waals surface area contributed by atoms with E-state index in [0.29, 0.717) is 6.54 Å². The number of halogens is 3. The summed E-state index contributed by atoms with van der Waals surface area (Å²) in [7, 11) is 0. The van der Waals surface area contributed by atoms with Crippen molar-refractivity contribution in [3.63, 3.8) is 0 Å². The van der Waals surface area contributed by atoms with Crippen LogP contribution in [0.1, 0.15) is 27.2 Å². The van der Waals surface area contributed by atoms with Crippen molar-refractivity contribution in [1.29, 1.82) is 0 Å². The number of nitrogens with one attached hydrogen (secondary N) is 1. The molecule has 0 saturated heterocycles. The van der Waals surface area contributed by atoms with Crippen LogP contribution in [0.3, 0.4) is 0 Å². The molecule has 4 rings (SSSR count). The van der Waals surface area contributed by atoms with Gasteiger partial charge in [-0.1, -0.05) is 36.4 Å². The highest BCUT2D eigenvalue weighted by atomic mass is 19.4. The molecule has 0 aliphatic rings. The Kier molecular flexibility index (Phi) is 5.57. The Morgan fingerprint density at radius 2 is 1.81 bits per heavy atom. The molecule has 0 fully saturated rings. The Labute approximate surface area is 175 Å². The second kappa shape index (κ2) is 8.47. The number of amides is 1. The van der Waals surface area contributed by atoms with Crippen molar-refractivity contribution >= 4 is 5.91 Å². The molecule has 158 valence electrons. The first-order valence-corrected chi connectivity index (χ1v) is 9.34. The van der Waals surface area contributed by atoms with Crippen LogP contribution in [-0.2, 0) is 19.3 Å². The van der Waals surface area contributed by atoms with Gasteiger partial charge in [-0.3, -0.25) is 4.79 Å².